The van der Waals surface area contributed by atoms with E-state index in [1.54, 1.807) is 12.1 Å². The van der Waals surface area contributed by atoms with Gasteiger partial charge in [-0.25, -0.2) is 4.79 Å². The number of carbonyl (C=O) groups is 2. The van der Waals surface area contributed by atoms with Gasteiger partial charge in [0.2, 0.25) is 0 Å². The molecular weight excluding hydrogens is 418 g/mol. The summed E-state index contributed by atoms with van der Waals surface area (Å²) in [6, 6.07) is 16.5. The Morgan fingerprint density at radius 3 is 2.36 bits per heavy atom. The van der Waals surface area contributed by atoms with Crippen LogP contribution in [-0.4, -0.2) is 29.8 Å². The molecule has 1 heterocycles. The highest BCUT2D eigenvalue weighted by Crippen LogP contribution is 2.33. The van der Waals surface area contributed by atoms with E-state index in [4.69, 9.17) is 9.47 Å². The molecule has 1 fully saturated rings. The lowest BCUT2D eigenvalue weighted by Gasteiger charge is -2.35. The number of hydrogen-bond acceptors (Lipinski definition) is 4. The van der Waals surface area contributed by atoms with Gasteiger partial charge in [0.1, 0.15) is 11.9 Å². The number of para-hydroxylation sites is 3. The van der Waals surface area contributed by atoms with Crippen molar-refractivity contribution >= 4 is 17.7 Å². The fourth-order valence-corrected chi connectivity index (χ4v) is 4.25. The van der Waals surface area contributed by atoms with Crippen LogP contribution in [0.15, 0.2) is 54.6 Å². The first-order chi connectivity index (χ1) is 16.1. The predicted octanol–water partition coefficient (Wildman–Crippen LogP) is 7.04. The first-order valence-electron chi connectivity index (χ1n) is 12.1. The first kappa shape index (κ1) is 24.6. The second-order valence-corrected chi connectivity index (χ2v) is 8.60. The van der Waals surface area contributed by atoms with Crippen molar-refractivity contribution in [3.8, 4) is 11.5 Å². The maximum absolute atomic E-state index is 12.0. The summed E-state index contributed by atoms with van der Waals surface area (Å²) in [5.41, 5.74) is 0.536. The Labute approximate surface area is 196 Å². The second kappa shape index (κ2) is 12.9. The zero-order valence-electron chi connectivity index (χ0n) is 19.4. The molecule has 0 bridgehead atoms. The lowest BCUT2D eigenvalue weighted by molar-refractivity contribution is -0.186. The fraction of sp³-hybridized carbons (Fsp3) is 0.481. The van der Waals surface area contributed by atoms with Gasteiger partial charge in [-0.2, -0.15) is 0 Å². The van der Waals surface area contributed by atoms with E-state index in [9.17, 15) is 14.7 Å². The number of hydrogen-bond donors (Lipinski definition) is 1. The van der Waals surface area contributed by atoms with Crippen LogP contribution in [0, 0.1) is 5.92 Å². The number of benzene rings is 2. The Kier molecular flexibility index (Phi) is 9.60. The van der Waals surface area contributed by atoms with E-state index in [2.05, 4.69) is 6.92 Å². The quantitative estimate of drug-likeness (QED) is 0.245. The SMILES string of the molecule is CCCCCCC1C(=O)OC1CCCCCN(C(=O)O)c1ccccc1Oc1ccccc1. The van der Waals surface area contributed by atoms with Crippen LogP contribution in [0.3, 0.4) is 0 Å². The number of esters is 1. The van der Waals surface area contributed by atoms with Crippen LogP contribution in [-0.2, 0) is 9.53 Å². The molecule has 0 saturated carbocycles. The molecule has 2 aromatic carbocycles. The standard InChI is InChI=1S/C27H35NO5/c1-2-3-4-9-16-22-24(33-26(22)29)18-10-6-13-20-28(27(30)31)23-17-11-12-19-25(23)32-21-14-7-5-8-15-21/h5,7-8,11-12,14-15,17,19,22,24H,2-4,6,9-10,13,16,18,20H2,1H3,(H,30,31). The Balaban J connectivity index is 1.46. The van der Waals surface area contributed by atoms with Crippen LogP contribution in [0.25, 0.3) is 0 Å². The summed E-state index contributed by atoms with van der Waals surface area (Å²) < 4.78 is 11.3. The molecule has 1 amide bonds. The summed E-state index contributed by atoms with van der Waals surface area (Å²) in [5, 5.41) is 9.81. The number of carbonyl (C=O) groups excluding carboxylic acids is 1. The zero-order valence-corrected chi connectivity index (χ0v) is 19.4. The lowest BCUT2D eigenvalue weighted by atomic mass is 9.87. The minimum absolute atomic E-state index is 0.0368. The molecule has 6 nitrogen and oxygen atoms in total. The normalized spacial score (nSPS) is 17.2. The smallest absolute Gasteiger partial charge is 0.411 e. The molecule has 6 heteroatoms. The van der Waals surface area contributed by atoms with Crippen molar-refractivity contribution in [1.29, 1.82) is 0 Å². The Bertz CT molecular complexity index is 885. The van der Waals surface area contributed by atoms with Crippen molar-refractivity contribution in [1.82, 2.24) is 0 Å². The van der Waals surface area contributed by atoms with E-state index in [0.717, 1.165) is 38.5 Å². The summed E-state index contributed by atoms with van der Waals surface area (Å²) in [6.07, 6.45) is 8.00. The summed E-state index contributed by atoms with van der Waals surface area (Å²) in [7, 11) is 0. The number of amides is 1. The molecule has 0 radical (unpaired) electrons. The van der Waals surface area contributed by atoms with Crippen molar-refractivity contribution in [2.45, 2.75) is 70.8 Å². The molecule has 0 aromatic heterocycles. The highest BCUT2D eigenvalue weighted by molar-refractivity contribution is 5.88. The fourth-order valence-electron chi connectivity index (χ4n) is 4.25. The van der Waals surface area contributed by atoms with Crippen molar-refractivity contribution in [2.24, 2.45) is 5.92 Å². The minimum atomic E-state index is -1.00. The molecule has 0 spiro atoms. The summed E-state index contributed by atoms with van der Waals surface area (Å²) in [5.74, 6) is 1.18. The van der Waals surface area contributed by atoms with E-state index >= 15 is 0 Å². The van der Waals surface area contributed by atoms with E-state index in [1.807, 2.05) is 42.5 Å². The number of nitrogens with zero attached hydrogens (tertiary/aromatic N) is 1. The molecule has 2 unspecified atom stereocenters. The lowest BCUT2D eigenvalue weighted by Crippen LogP contribution is -2.44. The van der Waals surface area contributed by atoms with E-state index in [1.165, 1.54) is 24.2 Å². The molecule has 3 rings (SSSR count). The number of ether oxygens (including phenoxy) is 2. The van der Waals surface area contributed by atoms with Crippen molar-refractivity contribution in [3.05, 3.63) is 54.6 Å². The van der Waals surface area contributed by atoms with Gasteiger partial charge in [-0.1, -0.05) is 69.4 Å². The third-order valence-corrected chi connectivity index (χ3v) is 6.12. The molecule has 2 aromatic rings. The topological polar surface area (TPSA) is 76.1 Å². The van der Waals surface area contributed by atoms with Gasteiger partial charge in [0.25, 0.3) is 0 Å². The van der Waals surface area contributed by atoms with Crippen LogP contribution in [0.5, 0.6) is 11.5 Å². The molecule has 178 valence electrons. The molecule has 1 N–H and O–H groups in total. The minimum Gasteiger partial charge on any atom is -0.465 e. The molecule has 1 aliphatic heterocycles. The Morgan fingerprint density at radius 1 is 0.939 bits per heavy atom. The first-order valence-corrected chi connectivity index (χ1v) is 12.1. The van der Waals surface area contributed by atoms with Crippen LogP contribution < -0.4 is 9.64 Å². The maximum Gasteiger partial charge on any atom is 0.411 e. The summed E-state index contributed by atoms with van der Waals surface area (Å²) in [6.45, 7) is 2.57. The largest absolute Gasteiger partial charge is 0.465 e. The maximum atomic E-state index is 12.0. The third-order valence-electron chi connectivity index (χ3n) is 6.12. The van der Waals surface area contributed by atoms with Gasteiger partial charge >= 0.3 is 12.1 Å². The van der Waals surface area contributed by atoms with Gasteiger partial charge in [0, 0.05) is 6.54 Å². The van der Waals surface area contributed by atoms with Crippen LogP contribution in [0.1, 0.15) is 64.7 Å². The number of carboxylic acid groups (broad SMARTS) is 1. The predicted molar refractivity (Wildman–Crippen MR) is 129 cm³/mol. The molecule has 0 aliphatic carbocycles. The van der Waals surface area contributed by atoms with Crippen LogP contribution in [0.2, 0.25) is 0 Å². The van der Waals surface area contributed by atoms with E-state index in [-0.39, 0.29) is 18.0 Å². The number of rotatable bonds is 14. The Hall–Kier alpha value is -3.02. The van der Waals surface area contributed by atoms with Gasteiger partial charge in [-0.3, -0.25) is 9.69 Å². The average Bonchev–Trinajstić information content (AvgIpc) is 2.81. The zero-order chi connectivity index (χ0) is 23.5. The van der Waals surface area contributed by atoms with Gasteiger partial charge in [-0.15, -0.1) is 0 Å². The van der Waals surface area contributed by atoms with Gasteiger partial charge in [0.05, 0.1) is 11.6 Å². The van der Waals surface area contributed by atoms with Crippen molar-refractivity contribution in [2.75, 3.05) is 11.4 Å². The second-order valence-electron chi connectivity index (χ2n) is 8.60. The Morgan fingerprint density at radius 2 is 1.64 bits per heavy atom. The molecule has 2 atom stereocenters. The van der Waals surface area contributed by atoms with Gasteiger partial charge < -0.3 is 14.6 Å². The van der Waals surface area contributed by atoms with Crippen molar-refractivity contribution < 1.29 is 24.2 Å². The summed E-state index contributed by atoms with van der Waals surface area (Å²) in [4.78, 5) is 25.1. The number of anilines is 1. The molecule has 1 saturated heterocycles. The highest BCUT2D eigenvalue weighted by atomic mass is 16.6. The van der Waals surface area contributed by atoms with Gasteiger partial charge in [-0.05, 0) is 49.9 Å². The summed E-state index contributed by atoms with van der Waals surface area (Å²) >= 11 is 0. The van der Waals surface area contributed by atoms with Crippen molar-refractivity contribution in [3.63, 3.8) is 0 Å². The molecule has 33 heavy (non-hydrogen) atoms. The molecule has 1 aliphatic rings. The monoisotopic (exact) mass is 453 g/mol. The third kappa shape index (κ3) is 7.24. The average molecular weight is 454 g/mol. The van der Waals surface area contributed by atoms with E-state index in [0.29, 0.717) is 23.7 Å². The highest BCUT2D eigenvalue weighted by Gasteiger charge is 2.40. The van der Waals surface area contributed by atoms with E-state index < -0.39 is 6.09 Å². The number of cyclic esters (lactones) is 1. The number of unbranched alkanes of at least 4 members (excludes halogenated alkanes) is 5. The van der Waals surface area contributed by atoms with Gasteiger partial charge in [0.15, 0.2) is 5.75 Å². The van der Waals surface area contributed by atoms with Crippen LogP contribution >= 0.6 is 0 Å². The van der Waals surface area contributed by atoms with Crippen LogP contribution in [0.4, 0.5) is 10.5 Å². The molecular formula is C27H35NO5.